The maximum absolute atomic E-state index is 12.7. The van der Waals surface area contributed by atoms with Crippen LogP contribution in [0.4, 0.5) is 0 Å². The van der Waals surface area contributed by atoms with Crippen LogP contribution in [-0.4, -0.2) is 17.7 Å². The van der Waals surface area contributed by atoms with Crippen molar-refractivity contribution >= 4 is 11.7 Å². The van der Waals surface area contributed by atoms with E-state index in [9.17, 15) is 9.59 Å². The normalized spacial score (nSPS) is 11.9. The number of hydrogen-bond donors (Lipinski definition) is 1. The highest BCUT2D eigenvalue weighted by atomic mass is 16.2. The summed E-state index contributed by atoms with van der Waals surface area (Å²) in [6.07, 6.45) is 13.3. The average molecular weight is 374 g/mol. The molecule has 0 heterocycles. The van der Waals surface area contributed by atoms with Crippen LogP contribution >= 0.6 is 0 Å². The molecule has 1 N–H and O–H groups in total. The van der Waals surface area contributed by atoms with Gasteiger partial charge >= 0.3 is 0 Å². The molecule has 1 unspecified atom stereocenters. The molecule has 0 bridgehead atoms. The van der Waals surface area contributed by atoms with E-state index >= 15 is 0 Å². The van der Waals surface area contributed by atoms with Crippen molar-refractivity contribution in [1.29, 1.82) is 0 Å². The first kappa shape index (κ1) is 23.4. The molecule has 0 aliphatic heterocycles. The Morgan fingerprint density at radius 3 is 2.00 bits per heavy atom. The first-order valence-electron chi connectivity index (χ1n) is 11.0. The quantitative estimate of drug-likeness (QED) is 0.361. The van der Waals surface area contributed by atoms with Crippen molar-refractivity contribution in [2.75, 3.05) is 0 Å². The van der Waals surface area contributed by atoms with Crippen LogP contribution in [0.25, 0.3) is 0 Å². The van der Waals surface area contributed by atoms with Gasteiger partial charge in [-0.1, -0.05) is 95.5 Å². The molecular formula is C24H39NO2. The number of unbranched alkanes of at least 4 members (excludes halogenated alkanes) is 8. The fourth-order valence-corrected chi connectivity index (χ4v) is 3.31. The highest BCUT2D eigenvalue weighted by Crippen LogP contribution is 2.12. The predicted molar refractivity (Wildman–Crippen MR) is 114 cm³/mol. The Kier molecular flexibility index (Phi) is 13.4. The molecule has 152 valence electrons. The summed E-state index contributed by atoms with van der Waals surface area (Å²) >= 11 is 0. The Morgan fingerprint density at radius 1 is 0.778 bits per heavy atom. The molecule has 0 radical (unpaired) electrons. The summed E-state index contributed by atoms with van der Waals surface area (Å²) in [5.74, 6) is 0.178. The van der Waals surface area contributed by atoms with Gasteiger partial charge in [-0.15, -0.1) is 0 Å². The van der Waals surface area contributed by atoms with E-state index in [0.29, 0.717) is 19.3 Å². The predicted octanol–water partition coefficient (Wildman–Crippen LogP) is 6.00. The standard InChI is InChI=1S/C24H39NO2/c1-3-5-7-8-9-10-11-15-18-23(26)22(25-24(27)19-6-4-2)20-21-16-13-12-14-17-21/h12-14,16-17,22H,3-11,15,18-20H2,1-2H3,(H,25,27). The van der Waals surface area contributed by atoms with Crippen molar-refractivity contribution in [3.05, 3.63) is 35.9 Å². The lowest BCUT2D eigenvalue weighted by Crippen LogP contribution is -2.42. The second-order valence-electron chi connectivity index (χ2n) is 7.60. The van der Waals surface area contributed by atoms with Crippen LogP contribution in [0, 0.1) is 0 Å². The van der Waals surface area contributed by atoms with E-state index in [1.165, 1.54) is 38.5 Å². The molecule has 1 atom stereocenters. The van der Waals surface area contributed by atoms with Crippen molar-refractivity contribution in [3.8, 4) is 0 Å². The summed E-state index contributed by atoms with van der Waals surface area (Å²) in [7, 11) is 0. The zero-order valence-corrected chi connectivity index (χ0v) is 17.5. The van der Waals surface area contributed by atoms with Gasteiger partial charge in [-0.25, -0.2) is 0 Å². The second-order valence-corrected chi connectivity index (χ2v) is 7.60. The molecule has 1 aromatic carbocycles. The van der Waals surface area contributed by atoms with Gasteiger partial charge in [0.25, 0.3) is 0 Å². The molecule has 3 heteroatoms. The van der Waals surface area contributed by atoms with Crippen LogP contribution in [0.1, 0.15) is 96.5 Å². The minimum atomic E-state index is -0.388. The molecule has 0 spiro atoms. The Hall–Kier alpha value is -1.64. The van der Waals surface area contributed by atoms with Gasteiger partial charge in [-0.05, 0) is 24.8 Å². The fourth-order valence-electron chi connectivity index (χ4n) is 3.31. The van der Waals surface area contributed by atoms with Crippen molar-refractivity contribution in [1.82, 2.24) is 5.32 Å². The summed E-state index contributed by atoms with van der Waals surface area (Å²) < 4.78 is 0. The fraction of sp³-hybridized carbons (Fsp3) is 0.667. The molecule has 1 amide bonds. The van der Waals surface area contributed by atoms with E-state index in [4.69, 9.17) is 0 Å². The van der Waals surface area contributed by atoms with Gasteiger partial charge in [0.05, 0.1) is 6.04 Å². The molecule has 3 nitrogen and oxygen atoms in total. The number of carbonyl (C=O) groups is 2. The topological polar surface area (TPSA) is 46.2 Å². The third kappa shape index (κ3) is 11.6. The zero-order valence-electron chi connectivity index (χ0n) is 17.5. The third-order valence-electron chi connectivity index (χ3n) is 5.04. The molecule has 0 aliphatic rings. The molecule has 0 saturated heterocycles. The molecule has 27 heavy (non-hydrogen) atoms. The van der Waals surface area contributed by atoms with Crippen LogP contribution in [0.5, 0.6) is 0 Å². The Bertz CT molecular complexity index is 512. The van der Waals surface area contributed by atoms with E-state index in [0.717, 1.165) is 31.2 Å². The van der Waals surface area contributed by atoms with Gasteiger partial charge in [0.2, 0.25) is 5.91 Å². The summed E-state index contributed by atoms with van der Waals surface area (Å²) in [6.45, 7) is 4.31. The van der Waals surface area contributed by atoms with Gasteiger partial charge in [0.15, 0.2) is 5.78 Å². The number of amides is 1. The number of carbonyl (C=O) groups excluding carboxylic acids is 2. The van der Waals surface area contributed by atoms with Crippen LogP contribution in [0.15, 0.2) is 30.3 Å². The van der Waals surface area contributed by atoms with Crippen molar-refractivity contribution < 1.29 is 9.59 Å². The van der Waals surface area contributed by atoms with Gasteiger partial charge in [0, 0.05) is 12.8 Å². The highest BCUT2D eigenvalue weighted by Gasteiger charge is 2.20. The van der Waals surface area contributed by atoms with Gasteiger partial charge in [-0.3, -0.25) is 9.59 Å². The van der Waals surface area contributed by atoms with Gasteiger partial charge < -0.3 is 5.32 Å². The van der Waals surface area contributed by atoms with Crippen molar-refractivity contribution in [3.63, 3.8) is 0 Å². The monoisotopic (exact) mass is 373 g/mol. The molecule has 0 aromatic heterocycles. The average Bonchev–Trinajstić information content (AvgIpc) is 2.68. The maximum atomic E-state index is 12.7. The first-order chi connectivity index (χ1) is 13.2. The Morgan fingerprint density at radius 2 is 1.37 bits per heavy atom. The number of nitrogens with one attached hydrogen (secondary N) is 1. The van der Waals surface area contributed by atoms with E-state index in [-0.39, 0.29) is 17.7 Å². The van der Waals surface area contributed by atoms with Crippen LogP contribution < -0.4 is 5.32 Å². The number of rotatable bonds is 16. The summed E-state index contributed by atoms with van der Waals surface area (Å²) in [4.78, 5) is 24.9. The smallest absolute Gasteiger partial charge is 0.220 e. The summed E-state index contributed by atoms with van der Waals surface area (Å²) in [5, 5.41) is 2.99. The Balaban J connectivity index is 2.41. The summed E-state index contributed by atoms with van der Waals surface area (Å²) in [6, 6.07) is 9.59. The third-order valence-corrected chi connectivity index (χ3v) is 5.04. The molecule has 0 fully saturated rings. The Labute approximate surface area is 166 Å². The minimum Gasteiger partial charge on any atom is -0.346 e. The molecule has 1 aromatic rings. The first-order valence-corrected chi connectivity index (χ1v) is 11.0. The van der Waals surface area contributed by atoms with E-state index in [1.807, 2.05) is 30.3 Å². The number of hydrogen-bond acceptors (Lipinski definition) is 2. The lowest BCUT2D eigenvalue weighted by molar-refractivity contribution is -0.128. The maximum Gasteiger partial charge on any atom is 0.220 e. The van der Waals surface area contributed by atoms with Crippen molar-refractivity contribution in [2.24, 2.45) is 0 Å². The largest absolute Gasteiger partial charge is 0.346 e. The molecule has 0 saturated carbocycles. The van der Waals surface area contributed by atoms with E-state index in [2.05, 4.69) is 19.2 Å². The lowest BCUT2D eigenvalue weighted by Gasteiger charge is -2.18. The molecule has 0 aliphatic carbocycles. The lowest BCUT2D eigenvalue weighted by atomic mass is 9.98. The summed E-state index contributed by atoms with van der Waals surface area (Å²) in [5.41, 5.74) is 1.10. The number of benzene rings is 1. The van der Waals surface area contributed by atoms with Gasteiger partial charge in [-0.2, -0.15) is 0 Å². The number of Topliss-reactive ketones (excluding diaryl/α,β-unsaturated/α-hetero) is 1. The zero-order chi connectivity index (χ0) is 19.7. The molecule has 1 rings (SSSR count). The van der Waals surface area contributed by atoms with Crippen LogP contribution in [0.2, 0.25) is 0 Å². The van der Waals surface area contributed by atoms with Crippen LogP contribution in [-0.2, 0) is 16.0 Å². The minimum absolute atomic E-state index is 0.00190. The van der Waals surface area contributed by atoms with E-state index in [1.54, 1.807) is 0 Å². The van der Waals surface area contributed by atoms with Crippen LogP contribution in [0.3, 0.4) is 0 Å². The second kappa shape index (κ2) is 15.4. The number of ketones is 1. The van der Waals surface area contributed by atoms with Gasteiger partial charge in [0.1, 0.15) is 0 Å². The van der Waals surface area contributed by atoms with E-state index < -0.39 is 0 Å². The SMILES string of the molecule is CCCCCCCCCCC(=O)C(Cc1ccccc1)NC(=O)CCCC. The van der Waals surface area contributed by atoms with Crippen molar-refractivity contribution in [2.45, 2.75) is 103 Å². The highest BCUT2D eigenvalue weighted by molar-refractivity contribution is 5.89. The molecular weight excluding hydrogens is 334 g/mol.